The predicted octanol–water partition coefficient (Wildman–Crippen LogP) is 4.18. The highest BCUT2D eigenvalue weighted by Gasteiger charge is 2.19. The third kappa shape index (κ3) is 4.58. The molecule has 0 bridgehead atoms. The summed E-state index contributed by atoms with van der Waals surface area (Å²) in [5.74, 6) is 0.498. The summed E-state index contributed by atoms with van der Waals surface area (Å²) >= 11 is 0. The Labute approximate surface area is 138 Å². The van der Waals surface area contributed by atoms with Gasteiger partial charge in [0.1, 0.15) is 5.75 Å². The van der Waals surface area contributed by atoms with Gasteiger partial charge in [-0.1, -0.05) is 26.7 Å². The summed E-state index contributed by atoms with van der Waals surface area (Å²) in [6, 6.07) is 5.84. The lowest BCUT2D eigenvalue weighted by atomic mass is 9.98. The summed E-state index contributed by atoms with van der Waals surface area (Å²) in [4.78, 5) is 15.6. The molecule has 0 aliphatic heterocycles. The van der Waals surface area contributed by atoms with E-state index < -0.39 is 0 Å². The molecule has 1 heterocycles. The standard InChI is InChI=1S/C19H28N2O2/c1-4-6-14(7-5-2)19(22)23-16-8-9-18-17(11-16)15(12-21-18)10-13(3)20/h8-9,11-14,21H,4-7,10,20H2,1-3H3. The van der Waals surface area contributed by atoms with Gasteiger partial charge in [-0.15, -0.1) is 0 Å². The van der Waals surface area contributed by atoms with Crippen LogP contribution < -0.4 is 10.5 Å². The van der Waals surface area contributed by atoms with Gasteiger partial charge in [-0.3, -0.25) is 4.79 Å². The fraction of sp³-hybridized carbons (Fsp3) is 0.526. The van der Waals surface area contributed by atoms with Crippen molar-refractivity contribution in [2.24, 2.45) is 11.7 Å². The van der Waals surface area contributed by atoms with Gasteiger partial charge in [-0.05, 0) is 49.9 Å². The maximum atomic E-state index is 12.4. The zero-order chi connectivity index (χ0) is 16.8. The van der Waals surface area contributed by atoms with Gasteiger partial charge >= 0.3 is 5.97 Å². The summed E-state index contributed by atoms with van der Waals surface area (Å²) in [6.07, 6.45) is 6.54. The Morgan fingerprint density at radius 1 is 1.26 bits per heavy atom. The average Bonchev–Trinajstić information content (AvgIpc) is 2.89. The second-order valence-corrected chi connectivity index (χ2v) is 6.40. The van der Waals surface area contributed by atoms with Crippen LogP contribution in [0.25, 0.3) is 10.9 Å². The maximum absolute atomic E-state index is 12.4. The van der Waals surface area contributed by atoms with Crippen molar-refractivity contribution in [1.29, 1.82) is 0 Å². The highest BCUT2D eigenvalue weighted by molar-refractivity contribution is 5.85. The van der Waals surface area contributed by atoms with Gasteiger partial charge in [-0.25, -0.2) is 0 Å². The second kappa shape index (κ2) is 8.16. The van der Waals surface area contributed by atoms with Crippen LogP contribution in [0.3, 0.4) is 0 Å². The van der Waals surface area contributed by atoms with Gasteiger partial charge in [0, 0.05) is 23.1 Å². The molecule has 2 aromatic rings. The fourth-order valence-corrected chi connectivity index (χ4v) is 3.01. The summed E-state index contributed by atoms with van der Waals surface area (Å²) in [6.45, 7) is 6.19. The quantitative estimate of drug-likeness (QED) is 0.567. The molecule has 0 aliphatic carbocycles. The zero-order valence-electron chi connectivity index (χ0n) is 14.4. The number of ether oxygens (including phenoxy) is 1. The SMILES string of the molecule is CCCC(CCC)C(=O)Oc1ccc2[nH]cc(CC(C)N)c2c1. The Balaban J connectivity index is 2.17. The van der Waals surface area contributed by atoms with Crippen LogP contribution >= 0.6 is 0 Å². The molecule has 0 saturated heterocycles. The van der Waals surface area contributed by atoms with Crippen molar-refractivity contribution in [2.45, 2.75) is 58.9 Å². The van der Waals surface area contributed by atoms with E-state index in [1.54, 1.807) is 0 Å². The fourth-order valence-electron chi connectivity index (χ4n) is 3.01. The number of esters is 1. The molecular weight excluding hydrogens is 288 g/mol. The molecule has 0 saturated carbocycles. The minimum Gasteiger partial charge on any atom is -0.426 e. The van der Waals surface area contributed by atoms with E-state index in [1.807, 2.05) is 31.3 Å². The Hall–Kier alpha value is -1.81. The lowest BCUT2D eigenvalue weighted by molar-refractivity contribution is -0.139. The minimum absolute atomic E-state index is 0.00421. The first kappa shape index (κ1) is 17.5. The van der Waals surface area contributed by atoms with Gasteiger partial charge < -0.3 is 15.5 Å². The van der Waals surface area contributed by atoms with Crippen molar-refractivity contribution < 1.29 is 9.53 Å². The molecule has 126 valence electrons. The van der Waals surface area contributed by atoms with Crippen molar-refractivity contribution in [3.63, 3.8) is 0 Å². The number of benzene rings is 1. The number of aromatic nitrogens is 1. The molecular formula is C19H28N2O2. The lowest BCUT2D eigenvalue weighted by Gasteiger charge is -2.14. The van der Waals surface area contributed by atoms with E-state index in [1.165, 1.54) is 0 Å². The minimum atomic E-state index is -0.114. The van der Waals surface area contributed by atoms with E-state index in [9.17, 15) is 4.79 Å². The van der Waals surface area contributed by atoms with Crippen LogP contribution in [0.1, 0.15) is 52.0 Å². The van der Waals surface area contributed by atoms with Crippen molar-refractivity contribution in [1.82, 2.24) is 4.98 Å². The molecule has 0 radical (unpaired) electrons. The van der Waals surface area contributed by atoms with Crippen LogP contribution in [0.4, 0.5) is 0 Å². The Morgan fingerprint density at radius 3 is 2.57 bits per heavy atom. The number of hydrogen-bond acceptors (Lipinski definition) is 3. The van der Waals surface area contributed by atoms with Crippen molar-refractivity contribution >= 4 is 16.9 Å². The number of carbonyl (C=O) groups excluding carboxylic acids is 1. The van der Waals surface area contributed by atoms with Gasteiger partial charge in [0.05, 0.1) is 5.92 Å². The first-order chi connectivity index (χ1) is 11.0. The number of rotatable bonds is 8. The summed E-state index contributed by atoms with van der Waals surface area (Å²) < 4.78 is 5.64. The van der Waals surface area contributed by atoms with Crippen LogP contribution in [0.15, 0.2) is 24.4 Å². The topological polar surface area (TPSA) is 68.1 Å². The van der Waals surface area contributed by atoms with Gasteiger partial charge in [-0.2, -0.15) is 0 Å². The molecule has 0 amide bonds. The highest BCUT2D eigenvalue weighted by atomic mass is 16.5. The smallest absolute Gasteiger partial charge is 0.314 e. The molecule has 4 heteroatoms. The Kier molecular flexibility index (Phi) is 6.22. The largest absolute Gasteiger partial charge is 0.426 e. The molecule has 1 aromatic heterocycles. The van der Waals surface area contributed by atoms with E-state index in [0.29, 0.717) is 5.75 Å². The number of H-pyrrole nitrogens is 1. The van der Waals surface area contributed by atoms with Crippen LogP contribution in [0.5, 0.6) is 5.75 Å². The number of hydrogen-bond donors (Lipinski definition) is 2. The normalized spacial score (nSPS) is 12.7. The third-order valence-corrected chi connectivity index (χ3v) is 4.11. The molecule has 0 aliphatic rings. The van der Waals surface area contributed by atoms with E-state index >= 15 is 0 Å². The van der Waals surface area contributed by atoms with E-state index in [2.05, 4.69) is 18.8 Å². The predicted molar refractivity (Wildman–Crippen MR) is 94.6 cm³/mol. The second-order valence-electron chi connectivity index (χ2n) is 6.40. The first-order valence-corrected chi connectivity index (χ1v) is 8.62. The molecule has 23 heavy (non-hydrogen) atoms. The molecule has 2 rings (SSSR count). The molecule has 0 spiro atoms. The maximum Gasteiger partial charge on any atom is 0.314 e. The Bertz CT molecular complexity index is 640. The van der Waals surface area contributed by atoms with Crippen molar-refractivity contribution in [2.75, 3.05) is 0 Å². The molecule has 1 atom stereocenters. The summed E-state index contributed by atoms with van der Waals surface area (Å²) in [5, 5.41) is 1.08. The van der Waals surface area contributed by atoms with E-state index in [0.717, 1.165) is 48.6 Å². The summed E-state index contributed by atoms with van der Waals surface area (Å²) in [7, 11) is 0. The van der Waals surface area contributed by atoms with Crippen molar-refractivity contribution in [3.8, 4) is 5.75 Å². The van der Waals surface area contributed by atoms with E-state index in [-0.39, 0.29) is 17.9 Å². The van der Waals surface area contributed by atoms with Gasteiger partial charge in [0.2, 0.25) is 0 Å². The van der Waals surface area contributed by atoms with Crippen LogP contribution in [0.2, 0.25) is 0 Å². The highest BCUT2D eigenvalue weighted by Crippen LogP contribution is 2.26. The molecule has 1 aromatic carbocycles. The van der Waals surface area contributed by atoms with Crippen molar-refractivity contribution in [3.05, 3.63) is 30.0 Å². The molecule has 0 fully saturated rings. The lowest BCUT2D eigenvalue weighted by Crippen LogP contribution is -2.20. The number of fused-ring (bicyclic) bond motifs is 1. The number of nitrogens with one attached hydrogen (secondary N) is 1. The first-order valence-electron chi connectivity index (χ1n) is 8.62. The van der Waals surface area contributed by atoms with Gasteiger partial charge in [0.25, 0.3) is 0 Å². The van der Waals surface area contributed by atoms with E-state index in [4.69, 9.17) is 10.5 Å². The molecule has 3 N–H and O–H groups in total. The Morgan fingerprint density at radius 2 is 1.96 bits per heavy atom. The molecule has 4 nitrogen and oxygen atoms in total. The number of nitrogens with two attached hydrogens (primary N) is 1. The molecule has 1 unspecified atom stereocenters. The number of aromatic amines is 1. The third-order valence-electron chi connectivity index (χ3n) is 4.11. The van der Waals surface area contributed by atoms with Crippen LogP contribution in [0, 0.1) is 5.92 Å². The summed E-state index contributed by atoms with van der Waals surface area (Å²) in [5.41, 5.74) is 8.10. The monoisotopic (exact) mass is 316 g/mol. The number of carbonyl (C=O) groups is 1. The van der Waals surface area contributed by atoms with Gasteiger partial charge in [0.15, 0.2) is 0 Å². The zero-order valence-corrected chi connectivity index (χ0v) is 14.4. The average molecular weight is 316 g/mol. The van der Waals surface area contributed by atoms with Crippen LogP contribution in [-0.2, 0) is 11.2 Å². The van der Waals surface area contributed by atoms with Crippen LogP contribution in [-0.4, -0.2) is 17.0 Å².